The summed E-state index contributed by atoms with van der Waals surface area (Å²) in [5, 5.41) is 6.52. The Kier molecular flexibility index (Phi) is 13.3. The standard InChI is InChI=1S/C12H20N2O.2ClH/c1-13-8-3-9-14-10-11-4-6-12(15-2)7-5-11;;/h4-7,13-14H,3,8-10H2,1-2H3;2*1H. The largest absolute Gasteiger partial charge is 0.497 e. The van der Waals surface area contributed by atoms with Gasteiger partial charge in [-0.15, -0.1) is 24.8 Å². The van der Waals surface area contributed by atoms with Crippen molar-refractivity contribution in [1.82, 2.24) is 10.6 Å². The molecule has 0 amide bonds. The van der Waals surface area contributed by atoms with E-state index < -0.39 is 0 Å². The van der Waals surface area contributed by atoms with Crippen LogP contribution in [0.15, 0.2) is 24.3 Å². The van der Waals surface area contributed by atoms with Crippen LogP contribution < -0.4 is 15.4 Å². The van der Waals surface area contributed by atoms with E-state index in [1.54, 1.807) is 7.11 Å². The van der Waals surface area contributed by atoms with Crippen LogP contribution >= 0.6 is 24.8 Å². The average molecular weight is 281 g/mol. The highest BCUT2D eigenvalue weighted by Crippen LogP contribution is 2.10. The lowest BCUT2D eigenvalue weighted by atomic mass is 10.2. The molecule has 0 fully saturated rings. The van der Waals surface area contributed by atoms with Gasteiger partial charge in [0.2, 0.25) is 0 Å². The van der Waals surface area contributed by atoms with Crippen molar-refractivity contribution in [3.05, 3.63) is 29.8 Å². The molecule has 2 N–H and O–H groups in total. The number of hydrogen-bond acceptors (Lipinski definition) is 3. The Hall–Kier alpha value is -0.480. The average Bonchev–Trinajstić information content (AvgIpc) is 2.30. The van der Waals surface area contributed by atoms with Crippen molar-refractivity contribution in [2.24, 2.45) is 0 Å². The predicted octanol–water partition coefficient (Wildman–Crippen LogP) is 2.24. The molecule has 0 unspecified atom stereocenters. The van der Waals surface area contributed by atoms with Gasteiger partial charge in [0.25, 0.3) is 0 Å². The molecular weight excluding hydrogens is 259 g/mol. The van der Waals surface area contributed by atoms with E-state index in [9.17, 15) is 0 Å². The Labute approximate surface area is 116 Å². The fraction of sp³-hybridized carbons (Fsp3) is 0.500. The molecule has 1 rings (SSSR count). The number of hydrogen-bond donors (Lipinski definition) is 2. The first kappa shape index (κ1) is 18.9. The van der Waals surface area contributed by atoms with E-state index in [4.69, 9.17) is 4.74 Å². The molecule has 0 heterocycles. The van der Waals surface area contributed by atoms with Gasteiger partial charge in [-0.05, 0) is 44.3 Å². The topological polar surface area (TPSA) is 33.3 Å². The molecule has 1 aromatic carbocycles. The highest BCUT2D eigenvalue weighted by molar-refractivity contribution is 5.85. The van der Waals surface area contributed by atoms with Crippen LogP contribution in [0.4, 0.5) is 0 Å². The van der Waals surface area contributed by atoms with E-state index >= 15 is 0 Å². The van der Waals surface area contributed by atoms with Crippen LogP contribution in [0.25, 0.3) is 0 Å². The summed E-state index contributed by atoms with van der Waals surface area (Å²) in [7, 11) is 3.66. The van der Waals surface area contributed by atoms with Crippen LogP contribution in [0.1, 0.15) is 12.0 Å². The van der Waals surface area contributed by atoms with Gasteiger partial charge < -0.3 is 15.4 Å². The minimum atomic E-state index is 0. The molecule has 0 saturated heterocycles. The Balaban J connectivity index is 0. The molecule has 5 heteroatoms. The first-order chi connectivity index (χ1) is 7.36. The first-order valence-electron chi connectivity index (χ1n) is 5.35. The van der Waals surface area contributed by atoms with Crippen molar-refractivity contribution in [3.8, 4) is 5.75 Å². The van der Waals surface area contributed by atoms with Crippen LogP contribution in [0.3, 0.4) is 0 Å². The molecule has 100 valence electrons. The minimum absolute atomic E-state index is 0. The molecule has 0 aliphatic carbocycles. The monoisotopic (exact) mass is 280 g/mol. The van der Waals surface area contributed by atoms with Crippen LogP contribution in [0, 0.1) is 0 Å². The van der Waals surface area contributed by atoms with Gasteiger partial charge >= 0.3 is 0 Å². The normalized spacial score (nSPS) is 9.06. The van der Waals surface area contributed by atoms with Crippen LogP contribution in [-0.2, 0) is 6.54 Å². The molecule has 0 aromatic heterocycles. The van der Waals surface area contributed by atoms with Crippen molar-refractivity contribution >= 4 is 24.8 Å². The van der Waals surface area contributed by atoms with Gasteiger partial charge in [0, 0.05) is 6.54 Å². The number of ether oxygens (including phenoxy) is 1. The van der Waals surface area contributed by atoms with Crippen LogP contribution in [0.5, 0.6) is 5.75 Å². The van der Waals surface area contributed by atoms with Crippen molar-refractivity contribution in [2.75, 3.05) is 27.2 Å². The molecule has 3 nitrogen and oxygen atoms in total. The lowest BCUT2D eigenvalue weighted by molar-refractivity contribution is 0.414. The van der Waals surface area contributed by atoms with Crippen molar-refractivity contribution in [1.29, 1.82) is 0 Å². The van der Waals surface area contributed by atoms with E-state index in [1.165, 1.54) is 5.56 Å². The van der Waals surface area contributed by atoms with E-state index in [-0.39, 0.29) is 24.8 Å². The van der Waals surface area contributed by atoms with E-state index in [0.717, 1.165) is 31.8 Å². The summed E-state index contributed by atoms with van der Waals surface area (Å²) in [6, 6.07) is 8.16. The zero-order valence-corrected chi connectivity index (χ0v) is 12.0. The molecular formula is C12H22Cl2N2O. The summed E-state index contributed by atoms with van der Waals surface area (Å²) >= 11 is 0. The Morgan fingerprint density at radius 2 is 1.71 bits per heavy atom. The molecule has 0 bridgehead atoms. The Bertz CT molecular complexity index is 268. The second-order valence-electron chi connectivity index (χ2n) is 3.48. The molecule has 0 saturated carbocycles. The molecule has 0 aliphatic rings. The lowest BCUT2D eigenvalue weighted by Crippen LogP contribution is -2.19. The molecule has 0 spiro atoms. The number of methoxy groups -OCH3 is 1. The first-order valence-corrected chi connectivity index (χ1v) is 5.35. The lowest BCUT2D eigenvalue weighted by Gasteiger charge is -2.05. The van der Waals surface area contributed by atoms with Gasteiger partial charge in [-0.1, -0.05) is 12.1 Å². The fourth-order valence-electron chi connectivity index (χ4n) is 1.37. The summed E-state index contributed by atoms with van der Waals surface area (Å²) in [6.45, 7) is 3.04. The summed E-state index contributed by atoms with van der Waals surface area (Å²) in [5.74, 6) is 0.911. The zero-order chi connectivity index (χ0) is 10.9. The molecule has 0 aliphatic heterocycles. The maximum atomic E-state index is 5.10. The number of halogens is 2. The van der Waals surface area contributed by atoms with Gasteiger partial charge in [-0.3, -0.25) is 0 Å². The summed E-state index contributed by atoms with van der Waals surface area (Å²) in [6.07, 6.45) is 1.16. The van der Waals surface area contributed by atoms with Crippen molar-refractivity contribution in [3.63, 3.8) is 0 Å². The third-order valence-corrected chi connectivity index (χ3v) is 2.27. The quantitative estimate of drug-likeness (QED) is 0.752. The van der Waals surface area contributed by atoms with Gasteiger partial charge in [-0.2, -0.15) is 0 Å². The van der Waals surface area contributed by atoms with Crippen molar-refractivity contribution < 1.29 is 4.74 Å². The van der Waals surface area contributed by atoms with Gasteiger partial charge in [-0.25, -0.2) is 0 Å². The molecule has 1 aromatic rings. The second-order valence-corrected chi connectivity index (χ2v) is 3.48. The van der Waals surface area contributed by atoms with E-state index in [0.29, 0.717) is 0 Å². The SMILES string of the molecule is CNCCCNCc1ccc(OC)cc1.Cl.Cl. The van der Waals surface area contributed by atoms with E-state index in [1.807, 2.05) is 19.2 Å². The number of benzene rings is 1. The van der Waals surface area contributed by atoms with Crippen LogP contribution in [-0.4, -0.2) is 27.2 Å². The minimum Gasteiger partial charge on any atom is -0.497 e. The smallest absolute Gasteiger partial charge is 0.118 e. The maximum absolute atomic E-state index is 5.10. The van der Waals surface area contributed by atoms with Gasteiger partial charge in [0.05, 0.1) is 7.11 Å². The summed E-state index contributed by atoms with van der Waals surface area (Å²) < 4.78 is 5.10. The number of rotatable bonds is 7. The third kappa shape index (κ3) is 8.27. The van der Waals surface area contributed by atoms with Gasteiger partial charge in [0.1, 0.15) is 5.75 Å². The second kappa shape index (κ2) is 12.0. The molecule has 0 atom stereocenters. The van der Waals surface area contributed by atoms with E-state index in [2.05, 4.69) is 22.8 Å². The third-order valence-electron chi connectivity index (χ3n) is 2.27. The maximum Gasteiger partial charge on any atom is 0.118 e. The molecule has 17 heavy (non-hydrogen) atoms. The van der Waals surface area contributed by atoms with Crippen LogP contribution in [0.2, 0.25) is 0 Å². The highest BCUT2D eigenvalue weighted by atomic mass is 35.5. The summed E-state index contributed by atoms with van der Waals surface area (Å²) in [4.78, 5) is 0. The highest BCUT2D eigenvalue weighted by Gasteiger charge is 1.93. The van der Waals surface area contributed by atoms with Crippen molar-refractivity contribution in [2.45, 2.75) is 13.0 Å². The number of nitrogens with one attached hydrogen (secondary N) is 2. The zero-order valence-electron chi connectivity index (χ0n) is 10.4. The van der Waals surface area contributed by atoms with Gasteiger partial charge in [0.15, 0.2) is 0 Å². The summed E-state index contributed by atoms with van der Waals surface area (Å²) in [5.41, 5.74) is 1.29. The predicted molar refractivity (Wildman–Crippen MR) is 77.7 cm³/mol. The molecule has 0 radical (unpaired) electrons. The fourth-order valence-corrected chi connectivity index (χ4v) is 1.37. The Morgan fingerprint density at radius 1 is 1.06 bits per heavy atom. The Morgan fingerprint density at radius 3 is 2.24 bits per heavy atom.